The van der Waals surface area contributed by atoms with Crippen molar-refractivity contribution in [3.05, 3.63) is 16.7 Å². The molecule has 0 unspecified atom stereocenters. The molecule has 1 aromatic rings. The number of hydrogen-bond donors (Lipinski definition) is 2. The minimum Gasteiger partial charge on any atom is -0.397 e. The summed E-state index contributed by atoms with van der Waals surface area (Å²) in [6, 6.07) is 1.43. The second-order valence-electron chi connectivity index (χ2n) is 2.94. The van der Waals surface area contributed by atoms with Crippen molar-refractivity contribution in [3.63, 3.8) is 0 Å². The van der Waals surface area contributed by atoms with E-state index < -0.39 is 18.5 Å². The second-order valence-corrected chi connectivity index (χ2v) is 3.79. The van der Waals surface area contributed by atoms with E-state index in [0.717, 1.165) is 0 Å². The average molecular weight is 298 g/mol. The van der Waals surface area contributed by atoms with Gasteiger partial charge in [0.2, 0.25) is 5.91 Å². The van der Waals surface area contributed by atoms with Gasteiger partial charge in [0.25, 0.3) is 0 Å². The van der Waals surface area contributed by atoms with E-state index in [1.54, 1.807) is 0 Å². The molecule has 1 heterocycles. The highest BCUT2D eigenvalue weighted by atomic mass is 79.9. The van der Waals surface area contributed by atoms with Crippen LogP contribution >= 0.6 is 15.9 Å². The van der Waals surface area contributed by atoms with Gasteiger partial charge < -0.3 is 11.1 Å². The highest BCUT2D eigenvalue weighted by Gasteiger charge is 2.31. The molecule has 8 heteroatoms. The zero-order valence-corrected chi connectivity index (χ0v) is 9.39. The van der Waals surface area contributed by atoms with Gasteiger partial charge in [0.1, 0.15) is 12.2 Å². The first-order chi connectivity index (χ1) is 7.28. The van der Waals surface area contributed by atoms with Crippen molar-refractivity contribution in [3.8, 4) is 0 Å². The lowest BCUT2D eigenvalue weighted by Crippen LogP contribution is -2.21. The Balaban J connectivity index is 2.70. The molecule has 4 nitrogen and oxygen atoms in total. The van der Waals surface area contributed by atoms with Crippen molar-refractivity contribution in [1.82, 2.24) is 4.98 Å². The highest BCUT2D eigenvalue weighted by molar-refractivity contribution is 9.10. The summed E-state index contributed by atoms with van der Waals surface area (Å²) in [5.74, 6) is -1.17. The lowest BCUT2D eigenvalue weighted by Gasteiger charge is -2.08. The summed E-state index contributed by atoms with van der Waals surface area (Å²) < 4.78 is 35.9. The number of carbonyl (C=O) groups is 1. The van der Waals surface area contributed by atoms with E-state index in [4.69, 9.17) is 5.73 Å². The minimum absolute atomic E-state index is 0.00319. The Kier molecular flexibility index (Phi) is 3.74. The molecule has 0 aliphatic heterocycles. The van der Waals surface area contributed by atoms with Crippen LogP contribution in [0.4, 0.5) is 24.7 Å². The number of nitrogens with two attached hydrogens (primary N) is 1. The van der Waals surface area contributed by atoms with Gasteiger partial charge in [0, 0.05) is 0 Å². The Morgan fingerprint density at radius 3 is 2.69 bits per heavy atom. The van der Waals surface area contributed by atoms with E-state index in [9.17, 15) is 18.0 Å². The molecule has 0 bridgehead atoms. The van der Waals surface area contributed by atoms with Gasteiger partial charge in [-0.15, -0.1) is 0 Å². The summed E-state index contributed by atoms with van der Waals surface area (Å²) in [6.07, 6.45) is -4.86. The summed E-state index contributed by atoms with van der Waals surface area (Å²) in [7, 11) is 0. The molecule has 0 atom stereocenters. The van der Waals surface area contributed by atoms with Crippen LogP contribution in [0.25, 0.3) is 0 Å². The fraction of sp³-hybridized carbons (Fsp3) is 0.250. The topological polar surface area (TPSA) is 68.0 Å². The second kappa shape index (κ2) is 4.69. The summed E-state index contributed by atoms with van der Waals surface area (Å²) >= 11 is 3.02. The van der Waals surface area contributed by atoms with Crippen LogP contribution in [0.2, 0.25) is 0 Å². The predicted molar refractivity (Wildman–Crippen MR) is 55.7 cm³/mol. The van der Waals surface area contributed by atoms with Gasteiger partial charge in [0.05, 0.1) is 16.4 Å². The van der Waals surface area contributed by atoms with Crippen LogP contribution in [0.1, 0.15) is 6.42 Å². The standard InChI is InChI=1S/C8H7BrF3N3O/c9-5-1-4(13)3-14-7(5)15-6(16)2-8(10,11)12/h1,3H,2,13H2,(H,14,15,16). The summed E-state index contributed by atoms with van der Waals surface area (Å²) in [5.41, 5.74) is 5.71. The molecule has 16 heavy (non-hydrogen) atoms. The number of pyridine rings is 1. The lowest BCUT2D eigenvalue weighted by atomic mass is 10.3. The zero-order chi connectivity index (χ0) is 12.3. The van der Waals surface area contributed by atoms with Crippen LogP contribution in [-0.2, 0) is 4.79 Å². The number of alkyl halides is 3. The summed E-state index contributed by atoms with van der Waals surface area (Å²) in [4.78, 5) is 14.6. The third kappa shape index (κ3) is 4.05. The summed E-state index contributed by atoms with van der Waals surface area (Å²) in [6.45, 7) is 0. The fourth-order valence-corrected chi connectivity index (χ4v) is 1.37. The number of anilines is 2. The van der Waals surface area contributed by atoms with Gasteiger partial charge in [-0.3, -0.25) is 4.79 Å². The van der Waals surface area contributed by atoms with Gasteiger partial charge in [-0.2, -0.15) is 13.2 Å². The van der Waals surface area contributed by atoms with Crippen molar-refractivity contribution in [2.24, 2.45) is 0 Å². The third-order valence-corrected chi connectivity index (χ3v) is 2.09. The smallest absolute Gasteiger partial charge is 0.397 e. The quantitative estimate of drug-likeness (QED) is 0.880. The molecule has 0 saturated carbocycles. The van der Waals surface area contributed by atoms with Gasteiger partial charge in [0.15, 0.2) is 0 Å². The normalized spacial score (nSPS) is 11.2. The number of aromatic nitrogens is 1. The van der Waals surface area contributed by atoms with Crippen molar-refractivity contribution in [2.45, 2.75) is 12.6 Å². The maximum atomic E-state index is 11.9. The van der Waals surface area contributed by atoms with E-state index in [2.05, 4.69) is 20.9 Å². The molecule has 88 valence electrons. The molecule has 0 spiro atoms. The average Bonchev–Trinajstić information content (AvgIpc) is 2.06. The number of carbonyl (C=O) groups excluding carboxylic acids is 1. The van der Waals surface area contributed by atoms with E-state index in [1.165, 1.54) is 12.3 Å². The zero-order valence-electron chi connectivity index (χ0n) is 7.81. The monoisotopic (exact) mass is 297 g/mol. The molecular weight excluding hydrogens is 291 g/mol. The molecule has 0 aliphatic carbocycles. The first-order valence-electron chi connectivity index (χ1n) is 4.05. The molecule has 1 amide bonds. The van der Waals surface area contributed by atoms with Crippen LogP contribution in [0.15, 0.2) is 16.7 Å². The largest absolute Gasteiger partial charge is 0.397 e. The van der Waals surface area contributed by atoms with E-state index in [0.29, 0.717) is 10.2 Å². The van der Waals surface area contributed by atoms with Crippen molar-refractivity contribution in [2.75, 3.05) is 11.1 Å². The van der Waals surface area contributed by atoms with E-state index >= 15 is 0 Å². The van der Waals surface area contributed by atoms with Crippen LogP contribution < -0.4 is 11.1 Å². The number of nitrogen functional groups attached to an aromatic ring is 1. The highest BCUT2D eigenvalue weighted by Crippen LogP contribution is 2.24. The SMILES string of the molecule is Nc1cnc(NC(=O)CC(F)(F)F)c(Br)c1. The van der Waals surface area contributed by atoms with Gasteiger partial charge in [-0.1, -0.05) is 0 Å². The molecule has 1 rings (SSSR count). The number of nitrogens with zero attached hydrogens (tertiary/aromatic N) is 1. The molecule has 1 aromatic heterocycles. The molecule has 0 aliphatic rings. The molecule has 3 N–H and O–H groups in total. The molecular formula is C8H7BrF3N3O. The summed E-state index contributed by atoms with van der Waals surface area (Å²) in [5, 5.41) is 2.02. The Morgan fingerprint density at radius 1 is 1.56 bits per heavy atom. The first kappa shape index (κ1) is 12.8. The predicted octanol–water partition coefficient (Wildman–Crippen LogP) is 2.32. The lowest BCUT2D eigenvalue weighted by molar-refractivity contribution is -0.150. The maximum absolute atomic E-state index is 11.9. The molecule has 0 saturated heterocycles. The maximum Gasteiger partial charge on any atom is 0.397 e. The van der Waals surface area contributed by atoms with Crippen molar-refractivity contribution < 1.29 is 18.0 Å². The van der Waals surface area contributed by atoms with Crippen LogP contribution in [0, 0.1) is 0 Å². The number of amides is 1. The van der Waals surface area contributed by atoms with Gasteiger partial charge >= 0.3 is 6.18 Å². The minimum atomic E-state index is -4.54. The van der Waals surface area contributed by atoms with E-state index in [-0.39, 0.29) is 5.82 Å². The fourth-order valence-electron chi connectivity index (χ4n) is 0.903. The van der Waals surface area contributed by atoms with Gasteiger partial charge in [-0.05, 0) is 22.0 Å². The van der Waals surface area contributed by atoms with Crippen LogP contribution in [-0.4, -0.2) is 17.1 Å². The molecule has 0 aromatic carbocycles. The molecule has 0 fully saturated rings. The number of halogens is 4. The number of hydrogen-bond acceptors (Lipinski definition) is 3. The van der Waals surface area contributed by atoms with Crippen LogP contribution in [0.5, 0.6) is 0 Å². The van der Waals surface area contributed by atoms with Gasteiger partial charge in [-0.25, -0.2) is 4.98 Å². The Bertz CT molecular complexity index is 408. The van der Waals surface area contributed by atoms with Crippen molar-refractivity contribution in [1.29, 1.82) is 0 Å². The third-order valence-electron chi connectivity index (χ3n) is 1.48. The Morgan fingerprint density at radius 2 is 2.19 bits per heavy atom. The van der Waals surface area contributed by atoms with E-state index in [1.807, 2.05) is 5.32 Å². The van der Waals surface area contributed by atoms with Crippen molar-refractivity contribution >= 4 is 33.3 Å². The van der Waals surface area contributed by atoms with Crippen LogP contribution in [0.3, 0.4) is 0 Å². The first-order valence-corrected chi connectivity index (χ1v) is 4.85. The molecule has 0 radical (unpaired) electrons. The Hall–Kier alpha value is -1.31. The number of nitrogens with one attached hydrogen (secondary N) is 1. The Labute approximate surface area is 97.2 Å². The number of rotatable bonds is 2.